The minimum absolute atomic E-state index is 0.141. The summed E-state index contributed by atoms with van der Waals surface area (Å²) < 4.78 is 27.4. The Morgan fingerprint density at radius 2 is 1.78 bits per heavy atom. The van der Waals surface area contributed by atoms with Crippen LogP contribution in [0.4, 0.5) is 14.9 Å². The zero-order valence-corrected chi connectivity index (χ0v) is 24.1. The molecule has 1 saturated carbocycles. The number of nitrogens with one attached hydrogen (secondary N) is 2. The number of carbonyl (C=O) groups excluding carboxylic acids is 1. The first-order valence-corrected chi connectivity index (χ1v) is 14.1. The third-order valence-electron chi connectivity index (χ3n) is 6.97. The first-order valence-electron chi connectivity index (χ1n) is 14.1. The summed E-state index contributed by atoms with van der Waals surface area (Å²) in [6.07, 6.45) is 3.75. The van der Waals surface area contributed by atoms with Gasteiger partial charge in [0, 0.05) is 28.4 Å². The number of amides is 1. The normalized spacial score (nSPS) is 14.4. The lowest BCUT2D eigenvalue weighted by atomic mass is 9.97. The molecular weight excluding hydrogens is 523 g/mol. The number of carboxylic acid groups (broad SMARTS) is 1. The van der Waals surface area contributed by atoms with Crippen LogP contribution in [0.15, 0.2) is 60.7 Å². The molecule has 3 N–H and O–H groups in total. The predicted octanol–water partition coefficient (Wildman–Crippen LogP) is 7.64. The molecule has 4 rings (SSSR count). The number of ether oxygens (including phenoxy) is 2. The summed E-state index contributed by atoms with van der Waals surface area (Å²) in [5.74, 6) is -0.856. The molecule has 0 aromatic heterocycles. The Bertz CT molecular complexity index is 1380. The van der Waals surface area contributed by atoms with Gasteiger partial charge in [-0.1, -0.05) is 49.2 Å². The molecule has 1 aliphatic rings. The molecular formula is C33H39FN2O5. The lowest BCUT2D eigenvalue weighted by molar-refractivity contribution is -0.136. The van der Waals surface area contributed by atoms with E-state index in [1.165, 1.54) is 12.8 Å². The summed E-state index contributed by atoms with van der Waals surface area (Å²) in [5, 5.41) is 15.6. The minimum Gasteiger partial charge on any atom is -0.489 e. The maximum absolute atomic E-state index is 16.0. The van der Waals surface area contributed by atoms with Crippen LogP contribution < -0.4 is 15.4 Å². The van der Waals surface area contributed by atoms with Crippen molar-refractivity contribution in [2.24, 2.45) is 0 Å². The predicted molar refractivity (Wildman–Crippen MR) is 158 cm³/mol. The second-order valence-corrected chi connectivity index (χ2v) is 11.6. The van der Waals surface area contributed by atoms with E-state index in [0.717, 1.165) is 24.1 Å². The van der Waals surface area contributed by atoms with E-state index in [2.05, 4.69) is 10.6 Å². The van der Waals surface area contributed by atoms with Crippen molar-refractivity contribution < 1.29 is 28.6 Å². The first kappa shape index (κ1) is 29.9. The Morgan fingerprint density at radius 3 is 2.49 bits per heavy atom. The average Bonchev–Trinajstić information content (AvgIpc) is 3.39. The molecule has 0 radical (unpaired) electrons. The van der Waals surface area contributed by atoms with E-state index in [9.17, 15) is 14.7 Å². The zero-order chi connectivity index (χ0) is 29.6. The van der Waals surface area contributed by atoms with Crippen molar-refractivity contribution in [1.29, 1.82) is 0 Å². The second kappa shape index (κ2) is 13.1. The molecule has 0 heterocycles. The molecule has 0 bridgehead atoms. The van der Waals surface area contributed by atoms with Gasteiger partial charge in [-0.05, 0) is 75.9 Å². The monoisotopic (exact) mass is 562 g/mol. The molecule has 0 spiro atoms. The Balaban J connectivity index is 1.63. The number of hydrogen-bond acceptors (Lipinski definition) is 5. The van der Waals surface area contributed by atoms with Gasteiger partial charge in [-0.15, -0.1) is 0 Å². The second-order valence-electron chi connectivity index (χ2n) is 11.6. The van der Waals surface area contributed by atoms with Crippen molar-refractivity contribution in [3.63, 3.8) is 0 Å². The fraction of sp³-hybridized carbons (Fsp3) is 0.394. The third kappa shape index (κ3) is 8.46. The van der Waals surface area contributed by atoms with Gasteiger partial charge in [-0.3, -0.25) is 4.79 Å². The minimum atomic E-state index is -0.933. The molecule has 3 aromatic rings. The van der Waals surface area contributed by atoms with Crippen LogP contribution in [-0.2, 0) is 22.6 Å². The number of alkyl carbamates (subject to hydrolysis) is 1. The number of benzene rings is 3. The van der Waals surface area contributed by atoms with E-state index in [1.54, 1.807) is 70.2 Å². The van der Waals surface area contributed by atoms with Crippen LogP contribution in [0.3, 0.4) is 0 Å². The zero-order valence-electron chi connectivity index (χ0n) is 24.1. The number of rotatable bonds is 10. The van der Waals surface area contributed by atoms with E-state index in [4.69, 9.17) is 9.47 Å². The van der Waals surface area contributed by atoms with Crippen LogP contribution in [0.25, 0.3) is 11.1 Å². The van der Waals surface area contributed by atoms with Crippen molar-refractivity contribution in [2.75, 3.05) is 5.32 Å². The number of halogens is 1. The fourth-order valence-corrected chi connectivity index (χ4v) is 5.10. The first-order chi connectivity index (χ1) is 19.5. The molecule has 1 unspecified atom stereocenters. The van der Waals surface area contributed by atoms with Crippen LogP contribution in [0.5, 0.6) is 5.75 Å². The summed E-state index contributed by atoms with van der Waals surface area (Å²) >= 11 is 0. The van der Waals surface area contributed by atoms with Gasteiger partial charge in [0.1, 0.15) is 23.8 Å². The summed E-state index contributed by atoms with van der Waals surface area (Å²) in [6.45, 7) is 7.23. The van der Waals surface area contributed by atoms with Crippen LogP contribution in [0.2, 0.25) is 0 Å². The van der Waals surface area contributed by atoms with Crippen LogP contribution >= 0.6 is 0 Å². The van der Waals surface area contributed by atoms with Crippen LogP contribution in [0, 0.1) is 5.82 Å². The number of anilines is 1. The van der Waals surface area contributed by atoms with Crippen LogP contribution in [0.1, 0.15) is 76.1 Å². The molecule has 3 aromatic carbocycles. The van der Waals surface area contributed by atoms with Crippen molar-refractivity contribution in [3.05, 3.63) is 83.2 Å². The highest BCUT2D eigenvalue weighted by molar-refractivity contribution is 5.72. The molecule has 0 saturated heterocycles. The maximum Gasteiger partial charge on any atom is 0.408 e. The summed E-state index contributed by atoms with van der Waals surface area (Å²) in [7, 11) is 0. The molecule has 0 aliphatic heterocycles. The van der Waals surface area contributed by atoms with Crippen LogP contribution in [-0.4, -0.2) is 28.8 Å². The lowest BCUT2D eigenvalue weighted by Crippen LogP contribution is -2.34. The highest BCUT2D eigenvalue weighted by Gasteiger charge is 2.22. The number of hydrogen-bond donors (Lipinski definition) is 3. The van der Waals surface area contributed by atoms with E-state index >= 15 is 4.39 Å². The summed E-state index contributed by atoms with van der Waals surface area (Å²) in [6, 6.07) is 17.8. The van der Waals surface area contributed by atoms with Gasteiger partial charge >= 0.3 is 12.1 Å². The van der Waals surface area contributed by atoms with Crippen molar-refractivity contribution in [1.82, 2.24) is 5.32 Å². The fourth-order valence-electron chi connectivity index (χ4n) is 5.10. The van der Waals surface area contributed by atoms with Gasteiger partial charge in [-0.25, -0.2) is 9.18 Å². The Hall–Kier alpha value is -4.07. The molecule has 1 amide bonds. The van der Waals surface area contributed by atoms with E-state index in [-0.39, 0.29) is 13.0 Å². The molecule has 1 atom stereocenters. The molecule has 41 heavy (non-hydrogen) atoms. The quantitative estimate of drug-likeness (QED) is 0.235. The van der Waals surface area contributed by atoms with Gasteiger partial charge in [0.25, 0.3) is 0 Å². The standard InChI is InChI=1S/C33H39FN2O5/c1-21(35-32(39)41-33(2,3)4)27-13-9-14-28(31(27)34)24-16-22(17-26(18-24)36-25-11-6-7-12-25)20-40-29-15-8-5-10-23(29)19-30(37)38/h5,8-10,13-18,21,25,36H,6-7,11-12,19-20H2,1-4H3,(H,35,39)(H,37,38). The SMILES string of the molecule is CC(NC(=O)OC(C)(C)C)c1cccc(-c2cc(COc3ccccc3CC(=O)O)cc(NC3CCCC3)c2)c1F. The van der Waals surface area contributed by atoms with Gasteiger partial charge in [0.05, 0.1) is 12.5 Å². The third-order valence-corrected chi connectivity index (χ3v) is 6.97. The number of aliphatic carboxylic acids is 1. The topological polar surface area (TPSA) is 96.9 Å². The summed E-state index contributed by atoms with van der Waals surface area (Å²) in [5.41, 5.74) is 3.05. The number of carboxylic acids is 1. The number of carbonyl (C=O) groups is 2. The maximum atomic E-state index is 16.0. The van der Waals surface area contributed by atoms with Crippen molar-refractivity contribution in [2.45, 2.75) is 84.1 Å². The number of para-hydroxylation sites is 1. The van der Waals surface area contributed by atoms with Crippen molar-refractivity contribution >= 4 is 17.7 Å². The molecule has 7 nitrogen and oxygen atoms in total. The summed E-state index contributed by atoms with van der Waals surface area (Å²) in [4.78, 5) is 23.6. The lowest BCUT2D eigenvalue weighted by Gasteiger charge is -2.23. The van der Waals surface area contributed by atoms with Crippen molar-refractivity contribution in [3.8, 4) is 16.9 Å². The Morgan fingerprint density at radius 1 is 1.05 bits per heavy atom. The molecule has 218 valence electrons. The largest absolute Gasteiger partial charge is 0.489 e. The van der Waals surface area contributed by atoms with E-state index in [0.29, 0.717) is 34.0 Å². The van der Waals surface area contributed by atoms with Gasteiger partial charge in [0.15, 0.2) is 0 Å². The smallest absolute Gasteiger partial charge is 0.408 e. The van der Waals surface area contributed by atoms with Gasteiger partial charge < -0.3 is 25.2 Å². The highest BCUT2D eigenvalue weighted by atomic mass is 19.1. The molecule has 8 heteroatoms. The average molecular weight is 563 g/mol. The van der Waals surface area contributed by atoms with E-state index in [1.807, 2.05) is 18.2 Å². The molecule has 1 fully saturated rings. The van der Waals surface area contributed by atoms with Gasteiger partial charge in [-0.2, -0.15) is 0 Å². The Labute approximate surface area is 241 Å². The molecule has 1 aliphatic carbocycles. The van der Waals surface area contributed by atoms with E-state index < -0.39 is 29.5 Å². The van der Waals surface area contributed by atoms with Gasteiger partial charge in [0.2, 0.25) is 0 Å². The highest BCUT2D eigenvalue weighted by Crippen LogP contribution is 2.33. The Kier molecular flexibility index (Phi) is 9.53.